The van der Waals surface area contributed by atoms with Gasteiger partial charge < -0.3 is 16.2 Å². The Morgan fingerprint density at radius 3 is 2.40 bits per heavy atom. The van der Waals surface area contributed by atoms with Crippen LogP contribution < -0.4 is 11.1 Å². The van der Waals surface area contributed by atoms with E-state index in [-0.39, 0.29) is 24.8 Å². The Morgan fingerprint density at radius 1 is 1.28 bits per heavy atom. The highest BCUT2D eigenvalue weighted by atomic mass is 16.4. The summed E-state index contributed by atoms with van der Waals surface area (Å²) in [4.78, 5) is 34.5. The number of nitrogens with one attached hydrogen (secondary N) is 2. The lowest BCUT2D eigenvalue weighted by molar-refractivity contribution is -0.139. The number of primary amides is 1. The molecule has 0 saturated carbocycles. The molecule has 0 aliphatic rings. The van der Waals surface area contributed by atoms with E-state index in [2.05, 4.69) is 20.7 Å². The normalized spacial score (nSPS) is 13.3. The molecule has 9 nitrogen and oxygen atoms in total. The first-order valence-electron chi connectivity index (χ1n) is 8.10. The molecule has 0 radical (unpaired) electrons. The Kier molecular flexibility index (Phi) is 6.66. The van der Waals surface area contributed by atoms with Gasteiger partial charge in [-0.15, -0.1) is 5.10 Å². The molecule has 25 heavy (non-hydrogen) atoms. The van der Waals surface area contributed by atoms with E-state index in [4.69, 9.17) is 10.8 Å². The summed E-state index contributed by atoms with van der Waals surface area (Å²) in [7, 11) is 0. The van der Waals surface area contributed by atoms with Gasteiger partial charge in [0.2, 0.25) is 11.8 Å². The van der Waals surface area contributed by atoms with E-state index in [1.807, 2.05) is 13.8 Å². The van der Waals surface area contributed by atoms with E-state index in [9.17, 15) is 14.4 Å². The molecular formula is C16H27N5O4. The van der Waals surface area contributed by atoms with E-state index in [1.165, 1.54) is 0 Å². The Balaban J connectivity index is 2.93. The zero-order valence-corrected chi connectivity index (χ0v) is 15.1. The predicted molar refractivity (Wildman–Crippen MR) is 90.3 cm³/mol. The maximum absolute atomic E-state index is 12.1. The maximum Gasteiger partial charge on any atom is 0.303 e. The second-order valence-corrected chi connectivity index (χ2v) is 7.60. The second kappa shape index (κ2) is 8.09. The Labute approximate surface area is 146 Å². The topological polar surface area (TPSA) is 151 Å². The number of nitrogens with zero attached hydrogens (tertiary/aromatic N) is 2. The quantitative estimate of drug-likeness (QED) is 0.484. The van der Waals surface area contributed by atoms with Crippen molar-refractivity contribution in [3.63, 3.8) is 0 Å². The number of aliphatic carboxylic acids is 1. The van der Waals surface area contributed by atoms with Crippen LogP contribution in [0.4, 0.5) is 0 Å². The number of hydrogen-bond acceptors (Lipinski definition) is 5. The molecule has 0 bridgehead atoms. The van der Waals surface area contributed by atoms with Crippen LogP contribution in [0.1, 0.15) is 52.7 Å². The summed E-state index contributed by atoms with van der Waals surface area (Å²) in [5, 5.41) is 21.8. The molecule has 0 aromatic carbocycles. The highest BCUT2D eigenvalue weighted by molar-refractivity contribution is 5.81. The third-order valence-electron chi connectivity index (χ3n) is 4.29. The number of nitrogens with two attached hydrogens (primary N) is 1. The molecule has 2 amide bonds. The molecule has 1 rings (SSSR count). The van der Waals surface area contributed by atoms with Crippen molar-refractivity contribution in [2.75, 3.05) is 0 Å². The highest BCUT2D eigenvalue weighted by Crippen LogP contribution is 2.37. The fraction of sp³-hybridized carbons (Fsp3) is 0.688. The van der Waals surface area contributed by atoms with Gasteiger partial charge in [0.05, 0.1) is 12.1 Å². The summed E-state index contributed by atoms with van der Waals surface area (Å²) < 4.78 is 0. The molecule has 1 atom stereocenters. The van der Waals surface area contributed by atoms with E-state index in [0.717, 1.165) is 0 Å². The number of aromatic amines is 1. The minimum atomic E-state index is -1.03. The van der Waals surface area contributed by atoms with Crippen molar-refractivity contribution in [3.05, 3.63) is 11.9 Å². The molecule has 0 saturated heterocycles. The van der Waals surface area contributed by atoms with Gasteiger partial charge in [0.15, 0.2) is 0 Å². The van der Waals surface area contributed by atoms with E-state index < -0.39 is 22.7 Å². The smallest absolute Gasteiger partial charge is 0.303 e. The van der Waals surface area contributed by atoms with E-state index in [1.54, 1.807) is 20.0 Å². The number of H-pyrrole nitrogens is 1. The summed E-state index contributed by atoms with van der Waals surface area (Å²) in [5.74, 6) is -1.81. The van der Waals surface area contributed by atoms with Gasteiger partial charge in [-0.2, -0.15) is 0 Å². The molecule has 1 aromatic rings. The zero-order chi connectivity index (χ0) is 19.3. The molecule has 0 spiro atoms. The monoisotopic (exact) mass is 353 g/mol. The first-order chi connectivity index (χ1) is 11.4. The standard InChI is InChI=1S/C16H27N5O4/c1-15(2,9-16(3,4)14(17)25)11(7-10-8-18-21-20-10)19-12(22)5-6-13(23)24/h8,11H,5-7,9H2,1-4H3,(H2,17,25)(H,19,22)(H,23,24)(H,18,20,21). The Bertz CT molecular complexity index is 610. The van der Waals surface area contributed by atoms with Crippen molar-refractivity contribution in [3.8, 4) is 0 Å². The van der Waals surface area contributed by atoms with Gasteiger partial charge in [0, 0.05) is 30.5 Å². The van der Waals surface area contributed by atoms with Crippen LogP contribution in [0, 0.1) is 10.8 Å². The molecule has 1 heterocycles. The largest absolute Gasteiger partial charge is 0.481 e. The second-order valence-electron chi connectivity index (χ2n) is 7.60. The average molecular weight is 353 g/mol. The van der Waals surface area contributed by atoms with Crippen LogP contribution in [0.15, 0.2) is 6.20 Å². The fourth-order valence-corrected chi connectivity index (χ4v) is 2.89. The van der Waals surface area contributed by atoms with Crippen LogP contribution in [-0.2, 0) is 20.8 Å². The first kappa shape index (κ1) is 20.6. The van der Waals surface area contributed by atoms with Crippen molar-refractivity contribution >= 4 is 17.8 Å². The minimum Gasteiger partial charge on any atom is -0.481 e. The molecule has 1 aromatic heterocycles. The SMILES string of the molecule is CC(C)(CC(C)(C)C(Cc1c[nH]nn1)NC(=O)CCC(=O)O)C(N)=O. The van der Waals surface area contributed by atoms with Gasteiger partial charge in [-0.05, 0) is 11.8 Å². The van der Waals surface area contributed by atoms with Crippen molar-refractivity contribution < 1.29 is 19.5 Å². The van der Waals surface area contributed by atoms with Crippen molar-refractivity contribution in [2.45, 2.75) is 59.4 Å². The summed E-state index contributed by atoms with van der Waals surface area (Å²) in [6, 6.07) is -0.363. The van der Waals surface area contributed by atoms with E-state index in [0.29, 0.717) is 18.5 Å². The number of amides is 2. The molecule has 5 N–H and O–H groups in total. The van der Waals surface area contributed by atoms with Crippen molar-refractivity contribution in [2.24, 2.45) is 16.6 Å². The molecular weight excluding hydrogens is 326 g/mol. The molecule has 0 fully saturated rings. The summed E-state index contributed by atoms with van der Waals surface area (Å²) in [6.45, 7) is 7.38. The lowest BCUT2D eigenvalue weighted by atomic mass is 9.69. The summed E-state index contributed by atoms with van der Waals surface area (Å²) >= 11 is 0. The van der Waals surface area contributed by atoms with Gasteiger partial charge in [-0.25, -0.2) is 0 Å². The number of carbonyl (C=O) groups is 3. The third kappa shape index (κ3) is 6.52. The lowest BCUT2D eigenvalue weighted by Gasteiger charge is -2.39. The molecule has 0 aliphatic heterocycles. The molecule has 0 aliphatic carbocycles. The molecule has 9 heteroatoms. The van der Waals surface area contributed by atoms with Gasteiger partial charge in [0.1, 0.15) is 0 Å². The van der Waals surface area contributed by atoms with Gasteiger partial charge >= 0.3 is 5.97 Å². The van der Waals surface area contributed by atoms with Gasteiger partial charge in [0.25, 0.3) is 0 Å². The molecule has 1 unspecified atom stereocenters. The minimum absolute atomic E-state index is 0.111. The molecule has 140 valence electrons. The van der Waals surface area contributed by atoms with Gasteiger partial charge in [-0.1, -0.05) is 32.9 Å². The van der Waals surface area contributed by atoms with E-state index >= 15 is 0 Å². The van der Waals surface area contributed by atoms with Crippen LogP contribution in [0.5, 0.6) is 0 Å². The van der Waals surface area contributed by atoms with Crippen LogP contribution in [0.2, 0.25) is 0 Å². The lowest BCUT2D eigenvalue weighted by Crippen LogP contribution is -2.49. The number of carbonyl (C=O) groups excluding carboxylic acids is 2. The number of carboxylic acids is 1. The van der Waals surface area contributed by atoms with Crippen LogP contribution in [0.25, 0.3) is 0 Å². The first-order valence-corrected chi connectivity index (χ1v) is 8.10. The summed E-state index contributed by atoms with van der Waals surface area (Å²) in [5.41, 5.74) is 4.90. The van der Waals surface area contributed by atoms with Crippen molar-refractivity contribution in [1.82, 2.24) is 20.7 Å². The maximum atomic E-state index is 12.1. The number of hydrogen-bond donors (Lipinski definition) is 4. The number of carboxylic acid groups (broad SMARTS) is 1. The van der Waals surface area contributed by atoms with Crippen LogP contribution in [0.3, 0.4) is 0 Å². The predicted octanol–water partition coefficient (Wildman–Crippen LogP) is 0.625. The van der Waals surface area contributed by atoms with Gasteiger partial charge in [-0.3, -0.25) is 19.5 Å². The number of rotatable bonds is 10. The summed E-state index contributed by atoms with van der Waals surface area (Å²) in [6.07, 6.45) is 2.12. The Morgan fingerprint density at radius 2 is 1.92 bits per heavy atom. The number of aromatic nitrogens is 3. The Hall–Kier alpha value is -2.45. The van der Waals surface area contributed by atoms with Crippen molar-refractivity contribution in [1.29, 1.82) is 0 Å². The average Bonchev–Trinajstić information content (AvgIpc) is 2.96. The fourth-order valence-electron chi connectivity index (χ4n) is 2.89. The third-order valence-corrected chi connectivity index (χ3v) is 4.29. The highest BCUT2D eigenvalue weighted by Gasteiger charge is 2.39. The van der Waals surface area contributed by atoms with Crippen LogP contribution >= 0.6 is 0 Å². The van der Waals surface area contributed by atoms with Crippen LogP contribution in [-0.4, -0.2) is 44.3 Å². The zero-order valence-electron chi connectivity index (χ0n) is 15.1.